The van der Waals surface area contributed by atoms with E-state index in [9.17, 15) is 28.5 Å². The zero-order chi connectivity index (χ0) is 30.9. The van der Waals surface area contributed by atoms with Crippen LogP contribution in [0.2, 0.25) is 0 Å². The molecule has 1 fully saturated rings. The predicted molar refractivity (Wildman–Crippen MR) is 178 cm³/mol. The summed E-state index contributed by atoms with van der Waals surface area (Å²) in [5.41, 5.74) is 0.278. The van der Waals surface area contributed by atoms with Gasteiger partial charge in [-0.25, -0.2) is 0 Å². The second-order valence-corrected chi connectivity index (χ2v) is 14.6. The quantitative estimate of drug-likeness (QED) is 0.188. The van der Waals surface area contributed by atoms with Gasteiger partial charge >= 0.3 is 274 Å². The maximum atomic E-state index is 13.1. The molecule has 0 aliphatic carbocycles. The molecule has 1 aromatic rings. The van der Waals surface area contributed by atoms with Gasteiger partial charge in [0.15, 0.2) is 0 Å². The second kappa shape index (κ2) is 17.3. The van der Waals surface area contributed by atoms with Crippen molar-refractivity contribution in [2.45, 2.75) is 45.9 Å². The number of aliphatic hydroxyl groups is 1. The van der Waals surface area contributed by atoms with Crippen molar-refractivity contribution < 1.29 is 46.9 Å². The van der Waals surface area contributed by atoms with Gasteiger partial charge < -0.3 is 0 Å². The van der Waals surface area contributed by atoms with Crippen LogP contribution in [-0.4, -0.2) is 94.2 Å². The van der Waals surface area contributed by atoms with Gasteiger partial charge in [0.25, 0.3) is 0 Å². The molecule has 220 valence electrons. The Morgan fingerprint density at radius 1 is 1.29 bits per heavy atom. The number of anilines is 1. The van der Waals surface area contributed by atoms with Crippen LogP contribution in [-0.2, 0) is 45.7 Å². The molecular weight excluding hydrogens is 801 g/mol. The Morgan fingerprint density at radius 3 is 2.56 bits per heavy atom. The molecule has 2 amide bonds. The summed E-state index contributed by atoms with van der Waals surface area (Å²) < 4.78 is 33.2. The van der Waals surface area contributed by atoms with E-state index >= 15 is 0 Å². The van der Waals surface area contributed by atoms with Crippen molar-refractivity contribution in [1.82, 2.24) is 4.90 Å². The Bertz CT molecular complexity index is 1240. The van der Waals surface area contributed by atoms with Gasteiger partial charge in [0.05, 0.1) is 0 Å². The van der Waals surface area contributed by atoms with Crippen molar-refractivity contribution >= 4 is 116 Å². The number of nitrogens with one attached hydrogen (secondary N) is 1. The third-order valence-electron chi connectivity index (χ3n) is 6.18. The first-order chi connectivity index (χ1) is 19.3. The van der Waals surface area contributed by atoms with E-state index in [4.69, 9.17) is 18.4 Å². The number of hydrogen-bond donors (Lipinski definition) is 2. The van der Waals surface area contributed by atoms with Crippen LogP contribution in [0.5, 0.6) is 5.75 Å². The molecule has 0 bridgehead atoms. The fraction of sp³-hybridized carbons (Fsp3) is 0.524. The van der Waals surface area contributed by atoms with E-state index in [2.05, 4.69) is 5.32 Å². The van der Waals surface area contributed by atoms with Crippen molar-refractivity contribution in [3.63, 3.8) is 0 Å². The predicted octanol–water partition coefficient (Wildman–Crippen LogP) is 1.06. The Balaban J connectivity index is 2.36. The molecule has 6 atom stereocenters. The van der Waals surface area contributed by atoms with Gasteiger partial charge in [0.2, 0.25) is 0 Å². The van der Waals surface area contributed by atoms with Crippen LogP contribution >= 0.6 is 51.4 Å². The molecule has 0 saturated carbocycles. The molecule has 1 saturated heterocycles. The zero-order valence-corrected chi connectivity index (χ0v) is 28.9. The number of nitrogens with zero attached hydrogens (tertiary/aromatic N) is 1. The van der Waals surface area contributed by atoms with Gasteiger partial charge in [-0.05, 0) is 0 Å². The summed E-state index contributed by atoms with van der Waals surface area (Å²) in [5, 5.41) is 12.3. The van der Waals surface area contributed by atoms with E-state index < -0.39 is 48.7 Å². The van der Waals surface area contributed by atoms with E-state index in [0.29, 0.717) is 5.56 Å². The van der Waals surface area contributed by atoms with Crippen molar-refractivity contribution in [3.8, 4) is 5.75 Å². The van der Waals surface area contributed by atoms with E-state index in [1.807, 2.05) is 43.6 Å². The summed E-state index contributed by atoms with van der Waals surface area (Å²) in [4.78, 5) is 51.2. The molecule has 1 aromatic carbocycles. The number of amides is 2. The van der Waals surface area contributed by atoms with Crippen molar-refractivity contribution in [1.29, 1.82) is 0 Å². The summed E-state index contributed by atoms with van der Waals surface area (Å²) in [7, 11) is 2.42. The number of aliphatic hydroxyl groups excluding tert-OH is 1. The number of carbonyl (C=O) groups excluding carboxylic acids is 4. The molecule has 2 rings (SSSR count). The SMILES string of the molecule is B/B=S(\I)OC(=O)N(C)CC(=O)Nc1cc(CO)ccc1O[C@@H]1OC(C(=O)B(I)B=S=O)[C@@H](C)[C@H](C)C1OC(C)=O. The summed E-state index contributed by atoms with van der Waals surface area (Å²) in [6, 6.07) is 7.51. The van der Waals surface area contributed by atoms with Crippen LogP contribution in [0.1, 0.15) is 26.3 Å². The molecule has 1 aliphatic rings. The van der Waals surface area contributed by atoms with Crippen LogP contribution in [0, 0.1) is 11.8 Å². The molecule has 0 radical (unpaired) electrons. The van der Waals surface area contributed by atoms with Crippen molar-refractivity contribution in [3.05, 3.63) is 23.8 Å². The van der Waals surface area contributed by atoms with Crippen LogP contribution in [0.25, 0.3) is 0 Å². The second-order valence-electron chi connectivity index (χ2n) is 9.10. The molecule has 20 heteroatoms. The van der Waals surface area contributed by atoms with Gasteiger partial charge in [-0.3, -0.25) is 0 Å². The fourth-order valence-corrected chi connectivity index (χ4v) is 5.63. The Labute approximate surface area is 272 Å². The van der Waals surface area contributed by atoms with Gasteiger partial charge in [-0.2, -0.15) is 0 Å². The number of ether oxygens (including phenoxy) is 3. The molecular formula is C21H28B4I2N2O10S2. The van der Waals surface area contributed by atoms with Gasteiger partial charge in [0, 0.05) is 0 Å². The van der Waals surface area contributed by atoms with Crippen molar-refractivity contribution in [2.24, 2.45) is 11.8 Å². The van der Waals surface area contributed by atoms with E-state index in [0.717, 1.165) is 4.90 Å². The summed E-state index contributed by atoms with van der Waals surface area (Å²) in [5.74, 6) is -1.81. The van der Waals surface area contributed by atoms with E-state index in [1.165, 1.54) is 32.1 Å². The topological polar surface area (TPSA) is 158 Å². The van der Waals surface area contributed by atoms with Crippen molar-refractivity contribution in [2.75, 3.05) is 18.9 Å². The molecule has 41 heavy (non-hydrogen) atoms. The maximum absolute atomic E-state index is 13.1. The number of hydrogen-bond acceptors (Lipinski definition) is 10. The van der Waals surface area contributed by atoms with E-state index in [-0.39, 0.29) is 53.2 Å². The minimum atomic E-state index is -1.25. The van der Waals surface area contributed by atoms with Gasteiger partial charge in [-0.1, -0.05) is 0 Å². The monoisotopic (exact) mass is 830 g/mol. The average Bonchev–Trinajstić information content (AvgIpc) is 2.92. The van der Waals surface area contributed by atoms with Gasteiger partial charge in [-0.15, -0.1) is 0 Å². The van der Waals surface area contributed by atoms with Crippen LogP contribution in [0.3, 0.4) is 0 Å². The summed E-state index contributed by atoms with van der Waals surface area (Å²) in [6.45, 7) is 4.17. The number of carbonyl (C=O) groups is 4. The first kappa shape index (κ1) is 36.1. The number of benzene rings is 1. The first-order valence-electron chi connectivity index (χ1n) is 12.3. The van der Waals surface area contributed by atoms with Crippen LogP contribution < -0.4 is 10.1 Å². The first-order valence-corrected chi connectivity index (χ1v) is 18.1. The molecule has 12 nitrogen and oxygen atoms in total. The normalized spacial score (nSPS) is 22.3. The molecule has 1 heterocycles. The van der Waals surface area contributed by atoms with Crippen LogP contribution in [0.15, 0.2) is 18.2 Å². The van der Waals surface area contributed by atoms with Gasteiger partial charge in [0.1, 0.15) is 0 Å². The van der Waals surface area contributed by atoms with Crippen LogP contribution in [0.4, 0.5) is 10.5 Å². The Morgan fingerprint density at radius 2 is 1.98 bits per heavy atom. The third kappa shape index (κ3) is 10.5. The molecule has 0 spiro atoms. The third-order valence-corrected chi connectivity index (χ3v) is 10.8. The molecule has 2 N–H and O–H groups in total. The fourth-order valence-electron chi connectivity index (χ4n) is 3.87. The standard InChI is InChI=1S/C21H28B4I2N2O10S2/c1-10-11(2)18(36-12(3)31)20(38-17(10)19(33)25(26)24-40-35)37-15-6-5-13(9-30)7-14(15)28-16(32)8-29(4)21(34)39-41(27)23-22/h5-7,10-11,17-18,20,30H,8-9,22H2,1-4H3,(H,28,32)/t10-,11-,17?,18?,20+,41?/m0/s1. The molecule has 1 aliphatic heterocycles. The summed E-state index contributed by atoms with van der Waals surface area (Å²) >= 11 is 3.98. The number of esters is 1. The number of halogens is 2. The average molecular weight is 830 g/mol. The molecule has 0 aromatic heterocycles. The molecule has 3 unspecified atom stereocenters. The Kier molecular flexibility index (Phi) is 15.2. The number of likely N-dealkylation sites (N-methyl/N-ethyl adjacent to an activating group) is 1. The zero-order valence-electron chi connectivity index (χ0n) is 22.9. The minimum absolute atomic E-state index is 0.109. The summed E-state index contributed by atoms with van der Waals surface area (Å²) in [6.07, 6.45) is -3.81. The Hall–Kier alpha value is -1.09. The number of rotatable bonds is 11. The van der Waals surface area contributed by atoms with E-state index in [1.54, 1.807) is 33.7 Å².